The van der Waals surface area contributed by atoms with E-state index in [-0.39, 0.29) is 16.9 Å². The molecule has 38 heavy (non-hydrogen) atoms. The first kappa shape index (κ1) is 26.8. The Hall–Kier alpha value is -2.82. The molecule has 1 aromatic heterocycles. The molecular formula is C28H28ClN3O4S2. The number of carbonyl (C=O) groups is 1. The van der Waals surface area contributed by atoms with Crippen molar-refractivity contribution in [1.82, 2.24) is 9.29 Å². The number of anilines is 1. The topological polar surface area (TPSA) is 79.8 Å². The molecule has 2 heterocycles. The molecule has 1 fully saturated rings. The molecule has 1 atom stereocenters. The number of carbonyl (C=O) groups excluding carboxylic acids is 1. The van der Waals surface area contributed by atoms with Crippen molar-refractivity contribution < 1.29 is 17.9 Å². The SMILES string of the molecule is Cc1c(Cl)ccc2sc(N(Cc3ccccc3)C(=O)c3ccc(S(=O)(=O)N(C)CC4CCCO4)cc3)nc12. The maximum atomic E-state index is 13.8. The van der Waals surface area contributed by atoms with Gasteiger partial charge in [-0.2, -0.15) is 4.31 Å². The average molecular weight is 570 g/mol. The van der Waals surface area contributed by atoms with Gasteiger partial charge in [0.2, 0.25) is 10.0 Å². The zero-order valence-corrected chi connectivity index (χ0v) is 23.5. The third-order valence-corrected chi connectivity index (χ3v) is 9.98. The van der Waals surface area contributed by atoms with Gasteiger partial charge in [0.15, 0.2) is 5.13 Å². The highest BCUT2D eigenvalue weighted by Crippen LogP contribution is 2.35. The van der Waals surface area contributed by atoms with Gasteiger partial charge >= 0.3 is 0 Å². The summed E-state index contributed by atoms with van der Waals surface area (Å²) in [5.74, 6) is -0.270. The summed E-state index contributed by atoms with van der Waals surface area (Å²) in [6, 6.07) is 19.5. The van der Waals surface area contributed by atoms with Gasteiger partial charge in [-0.3, -0.25) is 9.69 Å². The van der Waals surface area contributed by atoms with E-state index in [0.29, 0.717) is 35.4 Å². The number of halogens is 1. The molecule has 0 N–H and O–H groups in total. The van der Waals surface area contributed by atoms with E-state index in [1.54, 1.807) is 24.1 Å². The number of nitrogens with zero attached hydrogens (tertiary/aromatic N) is 3. The molecule has 7 nitrogen and oxygen atoms in total. The molecule has 0 spiro atoms. The Balaban J connectivity index is 1.44. The number of amides is 1. The Morgan fingerprint density at radius 3 is 2.53 bits per heavy atom. The van der Waals surface area contributed by atoms with Crippen LogP contribution < -0.4 is 4.90 Å². The monoisotopic (exact) mass is 569 g/mol. The van der Waals surface area contributed by atoms with Crippen LogP contribution in [0, 0.1) is 6.92 Å². The van der Waals surface area contributed by atoms with Crippen molar-refractivity contribution in [2.75, 3.05) is 25.1 Å². The molecule has 1 aliphatic heterocycles. The molecule has 198 valence electrons. The lowest BCUT2D eigenvalue weighted by Crippen LogP contribution is -2.34. The number of hydrogen-bond acceptors (Lipinski definition) is 6. The van der Waals surface area contributed by atoms with Crippen LogP contribution >= 0.6 is 22.9 Å². The summed E-state index contributed by atoms with van der Waals surface area (Å²) in [5, 5.41) is 1.17. The van der Waals surface area contributed by atoms with Gasteiger partial charge in [0.05, 0.1) is 27.8 Å². The van der Waals surface area contributed by atoms with Gasteiger partial charge < -0.3 is 4.74 Å². The molecule has 4 aromatic rings. The number of hydrogen-bond donors (Lipinski definition) is 0. The third kappa shape index (κ3) is 5.48. The lowest BCUT2D eigenvalue weighted by molar-refractivity contribution is 0.0978. The number of thiazole rings is 1. The first-order valence-corrected chi connectivity index (χ1v) is 15.0. The first-order chi connectivity index (χ1) is 18.2. The molecule has 1 saturated heterocycles. The molecule has 0 bridgehead atoms. The number of fused-ring (bicyclic) bond motifs is 1. The highest BCUT2D eigenvalue weighted by Gasteiger charge is 2.27. The lowest BCUT2D eigenvalue weighted by Gasteiger charge is -2.22. The molecule has 0 aliphatic carbocycles. The molecule has 10 heteroatoms. The summed E-state index contributed by atoms with van der Waals surface area (Å²) in [5.41, 5.74) is 2.94. The summed E-state index contributed by atoms with van der Waals surface area (Å²) in [6.45, 7) is 3.19. The number of aryl methyl sites for hydroxylation is 1. The zero-order valence-electron chi connectivity index (χ0n) is 21.1. The summed E-state index contributed by atoms with van der Waals surface area (Å²) in [7, 11) is -2.16. The van der Waals surface area contributed by atoms with E-state index in [4.69, 9.17) is 21.3 Å². The number of likely N-dealkylation sites (N-methyl/N-ethyl adjacent to an activating group) is 1. The number of aromatic nitrogens is 1. The second-order valence-corrected chi connectivity index (χ2v) is 12.8. The Morgan fingerprint density at radius 1 is 1.11 bits per heavy atom. The molecule has 1 amide bonds. The number of benzene rings is 3. The van der Waals surface area contributed by atoms with Crippen LogP contribution in [0.2, 0.25) is 5.02 Å². The van der Waals surface area contributed by atoms with Crippen LogP contribution in [-0.2, 0) is 21.3 Å². The molecule has 1 aliphatic rings. The predicted octanol–water partition coefficient (Wildman–Crippen LogP) is 5.90. The Kier molecular flexibility index (Phi) is 7.83. The van der Waals surface area contributed by atoms with Crippen molar-refractivity contribution in [3.63, 3.8) is 0 Å². The van der Waals surface area contributed by atoms with E-state index in [1.807, 2.05) is 49.4 Å². The summed E-state index contributed by atoms with van der Waals surface area (Å²) >= 11 is 7.73. The Labute approximate surface area is 231 Å². The van der Waals surface area contributed by atoms with Crippen LogP contribution in [0.1, 0.15) is 34.3 Å². The fourth-order valence-corrected chi connectivity index (χ4v) is 6.85. The van der Waals surface area contributed by atoms with Crippen molar-refractivity contribution >= 4 is 54.2 Å². The minimum Gasteiger partial charge on any atom is -0.377 e. The van der Waals surface area contributed by atoms with Gasteiger partial charge in [-0.1, -0.05) is 53.3 Å². The highest BCUT2D eigenvalue weighted by molar-refractivity contribution is 7.89. The average Bonchev–Trinajstić information content (AvgIpc) is 3.60. The van der Waals surface area contributed by atoms with Crippen LogP contribution in [0.3, 0.4) is 0 Å². The second-order valence-electron chi connectivity index (χ2n) is 9.34. The number of sulfonamides is 1. The normalized spacial score (nSPS) is 15.8. The standard InChI is InChI=1S/C28H28ClN3O4S2/c1-19-24(29)14-15-25-26(19)30-28(37-25)32(17-20-7-4-3-5-8-20)27(33)21-10-12-23(13-11-21)38(34,35)31(2)18-22-9-6-16-36-22/h3-5,7-8,10-15,22H,6,9,16-18H2,1-2H3. The van der Waals surface area contributed by atoms with Gasteiger partial charge in [0, 0.05) is 30.8 Å². The van der Waals surface area contributed by atoms with E-state index in [9.17, 15) is 13.2 Å². The van der Waals surface area contributed by atoms with Crippen LogP contribution in [0.5, 0.6) is 0 Å². The molecule has 0 saturated carbocycles. The smallest absolute Gasteiger partial charge is 0.260 e. The molecule has 1 unspecified atom stereocenters. The van der Waals surface area contributed by atoms with E-state index in [0.717, 1.165) is 34.2 Å². The maximum Gasteiger partial charge on any atom is 0.260 e. The number of ether oxygens (including phenoxy) is 1. The largest absolute Gasteiger partial charge is 0.377 e. The molecule has 0 radical (unpaired) electrons. The van der Waals surface area contributed by atoms with Gasteiger partial charge in [-0.15, -0.1) is 0 Å². The zero-order chi connectivity index (χ0) is 26.9. The summed E-state index contributed by atoms with van der Waals surface area (Å²) in [6.07, 6.45) is 1.70. The minimum atomic E-state index is -3.71. The van der Waals surface area contributed by atoms with Crippen LogP contribution in [0.25, 0.3) is 10.2 Å². The Morgan fingerprint density at radius 2 is 1.84 bits per heavy atom. The van der Waals surface area contributed by atoms with Gasteiger partial charge in [-0.25, -0.2) is 13.4 Å². The summed E-state index contributed by atoms with van der Waals surface area (Å²) < 4.78 is 34.1. The Bertz CT molecular complexity index is 1550. The van der Waals surface area contributed by atoms with Crippen molar-refractivity contribution in [3.8, 4) is 0 Å². The predicted molar refractivity (Wildman–Crippen MR) is 152 cm³/mol. The van der Waals surface area contributed by atoms with Gasteiger partial charge in [0.1, 0.15) is 0 Å². The number of rotatable bonds is 8. The van der Waals surface area contributed by atoms with E-state index < -0.39 is 10.0 Å². The van der Waals surface area contributed by atoms with E-state index in [1.165, 1.54) is 27.8 Å². The fourth-order valence-electron chi connectivity index (χ4n) is 4.48. The fraction of sp³-hybridized carbons (Fsp3) is 0.286. The third-order valence-electron chi connectivity index (χ3n) is 6.69. The van der Waals surface area contributed by atoms with Crippen molar-refractivity contribution in [1.29, 1.82) is 0 Å². The molecule has 5 rings (SSSR count). The highest BCUT2D eigenvalue weighted by atomic mass is 35.5. The minimum absolute atomic E-state index is 0.0884. The molecular weight excluding hydrogens is 542 g/mol. The first-order valence-electron chi connectivity index (χ1n) is 12.3. The lowest BCUT2D eigenvalue weighted by atomic mass is 10.1. The maximum absolute atomic E-state index is 13.8. The second kappa shape index (κ2) is 11.1. The van der Waals surface area contributed by atoms with Crippen LogP contribution in [0.4, 0.5) is 5.13 Å². The quantitative estimate of drug-likeness (QED) is 0.264. The molecule has 3 aromatic carbocycles. The van der Waals surface area contributed by atoms with Crippen LogP contribution in [0.15, 0.2) is 71.6 Å². The van der Waals surface area contributed by atoms with Crippen molar-refractivity contribution in [2.24, 2.45) is 0 Å². The van der Waals surface area contributed by atoms with E-state index in [2.05, 4.69) is 0 Å². The van der Waals surface area contributed by atoms with Gasteiger partial charge in [0.25, 0.3) is 5.91 Å². The van der Waals surface area contributed by atoms with Gasteiger partial charge in [-0.05, 0) is 67.3 Å². The van der Waals surface area contributed by atoms with Crippen molar-refractivity contribution in [3.05, 3.63) is 88.4 Å². The summed E-state index contributed by atoms with van der Waals surface area (Å²) in [4.78, 5) is 20.3. The van der Waals surface area contributed by atoms with E-state index >= 15 is 0 Å². The van der Waals surface area contributed by atoms with Crippen molar-refractivity contribution in [2.45, 2.75) is 37.3 Å². The van der Waals surface area contributed by atoms with Crippen LogP contribution in [-0.4, -0.2) is 49.9 Å².